The molecule has 3 nitrogen and oxygen atoms in total. The van der Waals surface area contributed by atoms with E-state index >= 15 is 0 Å². The highest BCUT2D eigenvalue weighted by Gasteiger charge is 2.18. The van der Waals surface area contributed by atoms with Gasteiger partial charge in [-0.3, -0.25) is 0 Å². The fourth-order valence-electron chi connectivity index (χ4n) is 2.58. The van der Waals surface area contributed by atoms with Crippen LogP contribution in [0, 0.1) is 5.92 Å². The van der Waals surface area contributed by atoms with E-state index in [0.717, 1.165) is 31.9 Å². The van der Waals surface area contributed by atoms with Crippen molar-refractivity contribution in [1.82, 2.24) is 10.2 Å². The summed E-state index contributed by atoms with van der Waals surface area (Å²) < 4.78 is 5.51. The van der Waals surface area contributed by atoms with E-state index < -0.39 is 0 Å². The summed E-state index contributed by atoms with van der Waals surface area (Å²) in [6, 6.07) is 8.63. The lowest BCUT2D eigenvalue weighted by molar-refractivity contribution is 0.227. The quantitative estimate of drug-likeness (QED) is 0.750. The Kier molecular flexibility index (Phi) is 7.63. The number of nitrogens with one attached hydrogen (secondary N) is 1. The lowest BCUT2D eigenvalue weighted by atomic mass is 10.0. The van der Waals surface area contributed by atoms with Crippen LogP contribution in [-0.2, 0) is 0 Å². The monoisotopic (exact) mass is 278 g/mol. The van der Waals surface area contributed by atoms with E-state index in [9.17, 15) is 0 Å². The predicted octanol–water partition coefficient (Wildman–Crippen LogP) is 3.32. The van der Waals surface area contributed by atoms with Crippen LogP contribution in [0.5, 0.6) is 5.75 Å². The Morgan fingerprint density at radius 1 is 1.15 bits per heavy atom. The fraction of sp³-hybridized carbons (Fsp3) is 0.647. The molecule has 1 N–H and O–H groups in total. The molecule has 1 aromatic rings. The summed E-state index contributed by atoms with van der Waals surface area (Å²) in [7, 11) is 1.74. The zero-order valence-corrected chi connectivity index (χ0v) is 13.6. The summed E-state index contributed by atoms with van der Waals surface area (Å²) in [5.74, 6) is 1.66. The molecule has 1 atom stereocenters. The Balaban J connectivity index is 2.87. The standard InChI is InChI=1S/C17H30N2O/c1-6-18-16(13-19(7-2)12-14(3)4)15-10-8-9-11-17(15)20-5/h8-11,14,16,18H,6-7,12-13H2,1-5H3. The molecule has 0 saturated carbocycles. The Hall–Kier alpha value is -1.06. The highest BCUT2D eigenvalue weighted by atomic mass is 16.5. The predicted molar refractivity (Wildman–Crippen MR) is 86.4 cm³/mol. The summed E-state index contributed by atoms with van der Waals surface area (Å²) in [6.45, 7) is 13.1. The molecule has 0 amide bonds. The molecule has 0 fully saturated rings. The summed E-state index contributed by atoms with van der Waals surface area (Å²) in [6.07, 6.45) is 0. The largest absolute Gasteiger partial charge is 0.496 e. The van der Waals surface area contributed by atoms with Crippen LogP contribution < -0.4 is 10.1 Å². The van der Waals surface area contributed by atoms with Crippen molar-refractivity contribution in [1.29, 1.82) is 0 Å². The number of nitrogens with zero attached hydrogens (tertiary/aromatic N) is 1. The third-order valence-corrected chi connectivity index (χ3v) is 3.48. The number of likely N-dealkylation sites (N-methyl/N-ethyl adjacent to an activating group) is 2. The van der Waals surface area contributed by atoms with Gasteiger partial charge in [-0.1, -0.05) is 45.9 Å². The van der Waals surface area contributed by atoms with Gasteiger partial charge in [0.15, 0.2) is 0 Å². The van der Waals surface area contributed by atoms with E-state index in [4.69, 9.17) is 4.74 Å². The van der Waals surface area contributed by atoms with Crippen molar-refractivity contribution < 1.29 is 4.74 Å². The normalized spacial score (nSPS) is 12.9. The first-order valence-corrected chi connectivity index (χ1v) is 7.70. The van der Waals surface area contributed by atoms with Crippen molar-refractivity contribution in [3.8, 4) is 5.75 Å². The number of benzene rings is 1. The lowest BCUT2D eigenvalue weighted by Gasteiger charge is -2.29. The second-order valence-corrected chi connectivity index (χ2v) is 5.60. The van der Waals surface area contributed by atoms with Gasteiger partial charge in [-0.25, -0.2) is 0 Å². The van der Waals surface area contributed by atoms with Gasteiger partial charge in [-0.2, -0.15) is 0 Å². The first-order chi connectivity index (χ1) is 9.62. The number of methoxy groups -OCH3 is 1. The van der Waals surface area contributed by atoms with E-state index in [1.165, 1.54) is 5.56 Å². The molecule has 114 valence electrons. The summed E-state index contributed by atoms with van der Waals surface area (Å²) in [5, 5.41) is 3.59. The number of hydrogen-bond acceptors (Lipinski definition) is 3. The van der Waals surface area contributed by atoms with Crippen LogP contribution >= 0.6 is 0 Å². The summed E-state index contributed by atoms with van der Waals surface area (Å²) in [4.78, 5) is 2.50. The topological polar surface area (TPSA) is 24.5 Å². The molecule has 20 heavy (non-hydrogen) atoms. The maximum absolute atomic E-state index is 5.51. The minimum Gasteiger partial charge on any atom is -0.496 e. The molecule has 0 spiro atoms. The highest BCUT2D eigenvalue weighted by Crippen LogP contribution is 2.25. The molecule has 0 saturated heterocycles. The average Bonchev–Trinajstić information content (AvgIpc) is 2.45. The minimum absolute atomic E-state index is 0.315. The van der Waals surface area contributed by atoms with Gasteiger partial charge in [0.1, 0.15) is 5.75 Å². The van der Waals surface area contributed by atoms with Gasteiger partial charge in [0.25, 0.3) is 0 Å². The first kappa shape index (κ1) is 17.0. The molecule has 1 rings (SSSR count). The van der Waals surface area contributed by atoms with Crippen molar-refractivity contribution >= 4 is 0 Å². The van der Waals surface area contributed by atoms with Crippen molar-refractivity contribution in [3.63, 3.8) is 0 Å². The van der Waals surface area contributed by atoms with Crippen LogP contribution in [0.15, 0.2) is 24.3 Å². The number of para-hydroxylation sites is 1. The third-order valence-electron chi connectivity index (χ3n) is 3.48. The summed E-state index contributed by atoms with van der Waals surface area (Å²) >= 11 is 0. The molecule has 0 aromatic heterocycles. The smallest absolute Gasteiger partial charge is 0.123 e. The van der Waals surface area contributed by atoms with Gasteiger partial charge in [0, 0.05) is 24.7 Å². The zero-order chi connectivity index (χ0) is 15.0. The third kappa shape index (κ3) is 5.14. The van der Waals surface area contributed by atoms with Crippen molar-refractivity contribution in [3.05, 3.63) is 29.8 Å². The number of hydrogen-bond donors (Lipinski definition) is 1. The SMILES string of the molecule is CCNC(CN(CC)CC(C)C)c1ccccc1OC. The Morgan fingerprint density at radius 2 is 1.85 bits per heavy atom. The van der Waals surface area contributed by atoms with E-state index in [0.29, 0.717) is 12.0 Å². The zero-order valence-electron chi connectivity index (χ0n) is 13.6. The van der Waals surface area contributed by atoms with Gasteiger partial charge >= 0.3 is 0 Å². The van der Waals surface area contributed by atoms with Crippen molar-refractivity contribution in [2.45, 2.75) is 33.7 Å². The Bertz CT molecular complexity index is 379. The molecule has 0 bridgehead atoms. The van der Waals surface area contributed by atoms with Crippen molar-refractivity contribution in [2.24, 2.45) is 5.92 Å². The molecule has 0 aliphatic carbocycles. The molecular weight excluding hydrogens is 248 g/mol. The maximum atomic E-state index is 5.51. The van der Waals surface area contributed by atoms with E-state index in [-0.39, 0.29) is 0 Å². The van der Waals surface area contributed by atoms with Gasteiger partial charge in [0.05, 0.1) is 7.11 Å². The maximum Gasteiger partial charge on any atom is 0.123 e. The number of rotatable bonds is 9. The van der Waals surface area contributed by atoms with Crippen LogP contribution in [0.25, 0.3) is 0 Å². The highest BCUT2D eigenvalue weighted by molar-refractivity contribution is 5.36. The van der Waals surface area contributed by atoms with E-state index in [1.807, 2.05) is 12.1 Å². The molecule has 0 heterocycles. The van der Waals surface area contributed by atoms with Gasteiger partial charge in [-0.05, 0) is 25.1 Å². The van der Waals surface area contributed by atoms with Crippen molar-refractivity contribution in [2.75, 3.05) is 33.3 Å². The second kappa shape index (κ2) is 8.98. The molecule has 0 radical (unpaired) electrons. The fourth-order valence-corrected chi connectivity index (χ4v) is 2.58. The second-order valence-electron chi connectivity index (χ2n) is 5.60. The van der Waals surface area contributed by atoms with Gasteiger partial charge in [0.2, 0.25) is 0 Å². The van der Waals surface area contributed by atoms with E-state index in [1.54, 1.807) is 7.11 Å². The average molecular weight is 278 g/mol. The Labute approximate surface area is 124 Å². The van der Waals surface area contributed by atoms with Crippen LogP contribution in [0.2, 0.25) is 0 Å². The first-order valence-electron chi connectivity index (χ1n) is 7.70. The van der Waals surface area contributed by atoms with Crippen LogP contribution in [0.3, 0.4) is 0 Å². The van der Waals surface area contributed by atoms with E-state index in [2.05, 4.69) is 50.0 Å². The summed E-state index contributed by atoms with van der Waals surface area (Å²) in [5.41, 5.74) is 1.25. The molecular formula is C17H30N2O. The molecule has 3 heteroatoms. The van der Waals surface area contributed by atoms with Gasteiger partial charge < -0.3 is 15.0 Å². The van der Waals surface area contributed by atoms with Crippen LogP contribution in [-0.4, -0.2) is 38.2 Å². The van der Waals surface area contributed by atoms with Crippen LogP contribution in [0.1, 0.15) is 39.3 Å². The Morgan fingerprint density at radius 3 is 2.40 bits per heavy atom. The lowest BCUT2D eigenvalue weighted by Crippen LogP contribution is -2.37. The van der Waals surface area contributed by atoms with Gasteiger partial charge in [-0.15, -0.1) is 0 Å². The molecule has 1 unspecified atom stereocenters. The van der Waals surface area contributed by atoms with Crippen LogP contribution in [0.4, 0.5) is 0 Å². The molecule has 0 aliphatic heterocycles. The molecule has 0 aliphatic rings. The number of ether oxygens (including phenoxy) is 1. The molecule has 1 aromatic carbocycles. The minimum atomic E-state index is 0.315.